The fraction of sp³-hybridized carbons (Fsp3) is 1.00. The number of halogens is 4. The average molecular weight is 338 g/mol. The first-order chi connectivity index (χ1) is 9.44. The van der Waals surface area contributed by atoms with E-state index in [9.17, 15) is 30.5 Å². The van der Waals surface area contributed by atoms with Crippen molar-refractivity contribution in [2.24, 2.45) is 17.8 Å². The summed E-state index contributed by atoms with van der Waals surface area (Å²) in [5, 5.41) is -5.76. The molecule has 0 heterocycles. The predicted octanol–water partition coefficient (Wildman–Crippen LogP) is -0.293. The molecule has 4 saturated carbocycles. The molecule has 0 atom stereocenters. The molecule has 10 heteroatoms. The molecule has 0 saturated heterocycles. The summed E-state index contributed by atoms with van der Waals surface area (Å²) in [5.74, 6) is 0.471. The minimum absolute atomic E-state index is 0. The van der Waals surface area contributed by atoms with Gasteiger partial charge in [-0.2, -0.15) is 17.6 Å². The summed E-state index contributed by atoms with van der Waals surface area (Å²) in [6.45, 7) is 0. The molecule has 0 aromatic rings. The zero-order valence-electron chi connectivity index (χ0n) is 12.0. The normalized spacial score (nSPS) is 38.0. The summed E-state index contributed by atoms with van der Waals surface area (Å²) < 4.78 is 89.4. The molecule has 4 aliphatic carbocycles. The van der Waals surface area contributed by atoms with E-state index in [0.717, 1.165) is 19.3 Å². The summed E-state index contributed by atoms with van der Waals surface area (Å²) >= 11 is 0. The van der Waals surface area contributed by atoms with Gasteiger partial charge in [0.1, 0.15) is 0 Å². The zero-order chi connectivity index (χ0) is 15.7. The first-order valence-corrected chi connectivity index (χ1v) is 8.26. The molecule has 4 bridgehead atoms. The third kappa shape index (κ3) is 2.84. The molecule has 4 fully saturated rings. The molecular formula is C12H15F4LiO4S. The Balaban J connectivity index is 0.00000176. The Morgan fingerprint density at radius 2 is 1.32 bits per heavy atom. The van der Waals surface area contributed by atoms with Crippen molar-refractivity contribution in [3.63, 3.8) is 0 Å². The fourth-order valence-electron chi connectivity index (χ4n) is 4.63. The number of alkyl halides is 4. The van der Waals surface area contributed by atoms with Gasteiger partial charge in [0.25, 0.3) is 0 Å². The Labute approximate surface area is 137 Å². The van der Waals surface area contributed by atoms with Crippen molar-refractivity contribution in [1.82, 2.24) is 0 Å². The third-order valence-electron chi connectivity index (χ3n) is 4.98. The number of ether oxygens (including phenoxy) is 1. The Morgan fingerprint density at radius 3 is 1.64 bits per heavy atom. The molecule has 22 heavy (non-hydrogen) atoms. The van der Waals surface area contributed by atoms with Crippen molar-refractivity contribution in [3.05, 3.63) is 0 Å². The summed E-state index contributed by atoms with van der Waals surface area (Å²) in [6.07, 6.45) is -1.99. The van der Waals surface area contributed by atoms with Gasteiger partial charge in [0, 0.05) is 0 Å². The molecule has 4 nitrogen and oxygen atoms in total. The van der Waals surface area contributed by atoms with Crippen molar-refractivity contribution >= 4 is 10.1 Å². The minimum atomic E-state index is -6.50. The van der Waals surface area contributed by atoms with Crippen LogP contribution in [0.5, 0.6) is 0 Å². The fourth-order valence-corrected chi connectivity index (χ4v) is 4.97. The predicted molar refractivity (Wildman–Crippen MR) is 61.6 cm³/mol. The number of hydrogen-bond donors (Lipinski definition) is 0. The van der Waals surface area contributed by atoms with Crippen LogP contribution in [0.25, 0.3) is 0 Å². The molecule has 4 rings (SSSR count). The van der Waals surface area contributed by atoms with Crippen LogP contribution in [-0.2, 0) is 14.9 Å². The van der Waals surface area contributed by atoms with E-state index in [4.69, 9.17) is 0 Å². The van der Waals surface area contributed by atoms with Crippen LogP contribution in [0.15, 0.2) is 0 Å². The van der Waals surface area contributed by atoms with Crippen molar-refractivity contribution in [2.75, 3.05) is 0 Å². The first kappa shape index (κ1) is 18.5. The number of hydrogen-bond acceptors (Lipinski definition) is 4. The molecule has 0 spiro atoms. The SMILES string of the molecule is O=S(=O)([O-])C(F)(F)C(F)(F)OC12CC3CC(CC(C3)C1)C2.[Li+]. The maximum atomic E-state index is 13.7. The van der Waals surface area contributed by atoms with Crippen LogP contribution < -0.4 is 18.9 Å². The van der Waals surface area contributed by atoms with Gasteiger partial charge in [0.15, 0.2) is 10.1 Å². The molecular weight excluding hydrogens is 323 g/mol. The monoisotopic (exact) mass is 338 g/mol. The second-order valence-electron chi connectivity index (χ2n) is 6.69. The summed E-state index contributed by atoms with van der Waals surface area (Å²) in [4.78, 5) is 0. The van der Waals surface area contributed by atoms with E-state index < -0.39 is 27.1 Å². The van der Waals surface area contributed by atoms with Crippen LogP contribution >= 0.6 is 0 Å². The molecule has 0 aliphatic heterocycles. The second kappa shape index (κ2) is 5.35. The molecule has 0 unspecified atom stereocenters. The van der Waals surface area contributed by atoms with Gasteiger partial charge < -0.3 is 9.29 Å². The van der Waals surface area contributed by atoms with Gasteiger partial charge in [-0.1, -0.05) is 0 Å². The molecule has 4 aliphatic rings. The van der Waals surface area contributed by atoms with Crippen LogP contribution in [0.4, 0.5) is 17.6 Å². The molecule has 0 N–H and O–H groups in total. The Bertz CT molecular complexity index is 516. The van der Waals surface area contributed by atoms with E-state index in [1.807, 2.05) is 0 Å². The maximum absolute atomic E-state index is 13.7. The zero-order valence-corrected chi connectivity index (χ0v) is 12.8. The van der Waals surface area contributed by atoms with Crippen LogP contribution in [0.2, 0.25) is 0 Å². The average Bonchev–Trinajstić information content (AvgIpc) is 2.22. The molecule has 0 aromatic heterocycles. The van der Waals surface area contributed by atoms with Gasteiger partial charge in [-0.3, -0.25) is 0 Å². The van der Waals surface area contributed by atoms with Gasteiger partial charge in [-0.15, -0.1) is 0 Å². The Hall–Kier alpha value is 0.187. The Kier molecular flexibility index (Phi) is 4.50. The summed E-state index contributed by atoms with van der Waals surface area (Å²) in [7, 11) is -6.50. The van der Waals surface area contributed by atoms with Crippen molar-refractivity contribution in [3.8, 4) is 0 Å². The van der Waals surface area contributed by atoms with Crippen LogP contribution in [-0.4, -0.2) is 29.9 Å². The Morgan fingerprint density at radius 1 is 0.955 bits per heavy atom. The topological polar surface area (TPSA) is 66.4 Å². The molecule has 0 amide bonds. The standard InChI is InChI=1S/C12H16F4O4S.Li/c13-11(14,12(15,16)21(17,18)19)20-10-4-7-1-8(5-10)3-9(2-7)6-10;/h7-9H,1-6H2,(H,17,18,19);/q;+1/p-1. The van der Waals surface area contributed by atoms with Crippen LogP contribution in [0, 0.1) is 17.8 Å². The minimum Gasteiger partial charge on any atom is -0.743 e. The van der Waals surface area contributed by atoms with E-state index in [-0.39, 0.29) is 55.9 Å². The van der Waals surface area contributed by atoms with Gasteiger partial charge in [-0.25, -0.2) is 8.42 Å². The van der Waals surface area contributed by atoms with E-state index in [2.05, 4.69) is 4.74 Å². The molecule has 0 radical (unpaired) electrons. The number of rotatable bonds is 4. The van der Waals surface area contributed by atoms with Crippen molar-refractivity contribution in [1.29, 1.82) is 0 Å². The van der Waals surface area contributed by atoms with E-state index in [0.29, 0.717) is 0 Å². The van der Waals surface area contributed by atoms with Crippen molar-refractivity contribution < 1.29 is 54.1 Å². The van der Waals surface area contributed by atoms with Crippen LogP contribution in [0.3, 0.4) is 0 Å². The smallest absolute Gasteiger partial charge is 0.743 e. The first-order valence-electron chi connectivity index (χ1n) is 6.85. The van der Waals surface area contributed by atoms with Crippen molar-refractivity contribution in [2.45, 2.75) is 55.5 Å². The largest absolute Gasteiger partial charge is 1.00 e. The molecule has 0 aromatic carbocycles. The quantitative estimate of drug-likeness (QED) is 0.401. The van der Waals surface area contributed by atoms with E-state index >= 15 is 0 Å². The van der Waals surface area contributed by atoms with E-state index in [1.54, 1.807) is 0 Å². The summed E-state index contributed by atoms with van der Waals surface area (Å²) in [6, 6.07) is 0. The van der Waals surface area contributed by atoms with Gasteiger partial charge in [0.2, 0.25) is 0 Å². The van der Waals surface area contributed by atoms with Gasteiger partial charge in [0.05, 0.1) is 5.60 Å². The second-order valence-corrected chi connectivity index (χ2v) is 8.11. The molecule has 122 valence electrons. The van der Waals surface area contributed by atoms with Crippen LogP contribution in [0.1, 0.15) is 38.5 Å². The van der Waals surface area contributed by atoms with Gasteiger partial charge in [-0.05, 0) is 56.3 Å². The van der Waals surface area contributed by atoms with Gasteiger partial charge >= 0.3 is 30.2 Å². The maximum Gasteiger partial charge on any atom is 1.00 e. The third-order valence-corrected chi connectivity index (χ3v) is 5.85. The van der Waals surface area contributed by atoms with E-state index in [1.165, 1.54) is 0 Å². The summed E-state index contributed by atoms with van der Waals surface area (Å²) in [5.41, 5.74) is -1.42.